The number of rotatable bonds is 4. The van der Waals surface area contributed by atoms with Crippen LogP contribution in [0.5, 0.6) is 0 Å². The summed E-state index contributed by atoms with van der Waals surface area (Å²) in [7, 11) is 3.95. The Kier molecular flexibility index (Phi) is 5.83. The van der Waals surface area contributed by atoms with Gasteiger partial charge in [-0.3, -0.25) is 4.79 Å². The molecule has 4 nitrogen and oxygen atoms in total. The average molecular weight is 299 g/mol. The van der Waals surface area contributed by atoms with E-state index in [0.717, 1.165) is 37.2 Å². The summed E-state index contributed by atoms with van der Waals surface area (Å²) in [5.41, 5.74) is 1.98. The van der Waals surface area contributed by atoms with Crippen LogP contribution >= 0.6 is 0 Å². The van der Waals surface area contributed by atoms with Gasteiger partial charge in [-0.1, -0.05) is 25.0 Å². The van der Waals surface area contributed by atoms with Crippen molar-refractivity contribution in [2.75, 3.05) is 32.1 Å². The molecule has 4 heteroatoms. The predicted molar refractivity (Wildman–Crippen MR) is 88.8 cm³/mol. The molecule has 1 aliphatic rings. The molecule has 1 fully saturated rings. The first-order valence-electron chi connectivity index (χ1n) is 8.06. The minimum Gasteiger partial charge on any atom is -0.378 e. The summed E-state index contributed by atoms with van der Waals surface area (Å²) in [5, 5.41) is 9.48. The SMILES string of the molecule is CN(C)c1cccc(C(C#N)CC(=O)N2CCCCCC2)c1. The van der Waals surface area contributed by atoms with Gasteiger partial charge in [0.1, 0.15) is 0 Å². The van der Waals surface area contributed by atoms with Crippen LogP contribution in [0.25, 0.3) is 0 Å². The van der Waals surface area contributed by atoms with Crippen LogP contribution in [0.2, 0.25) is 0 Å². The number of nitriles is 1. The van der Waals surface area contributed by atoms with Crippen LogP contribution in [-0.4, -0.2) is 38.0 Å². The van der Waals surface area contributed by atoms with Crippen LogP contribution in [-0.2, 0) is 4.79 Å². The Morgan fingerprint density at radius 2 is 1.95 bits per heavy atom. The highest BCUT2D eigenvalue weighted by Gasteiger charge is 2.21. The number of amides is 1. The Morgan fingerprint density at radius 3 is 2.55 bits per heavy atom. The van der Waals surface area contributed by atoms with E-state index in [2.05, 4.69) is 6.07 Å². The number of anilines is 1. The van der Waals surface area contributed by atoms with Crippen molar-refractivity contribution < 1.29 is 4.79 Å². The van der Waals surface area contributed by atoms with Gasteiger partial charge < -0.3 is 9.80 Å². The van der Waals surface area contributed by atoms with Crippen molar-refractivity contribution in [2.45, 2.75) is 38.0 Å². The third-order valence-electron chi connectivity index (χ3n) is 4.28. The second-order valence-electron chi connectivity index (χ2n) is 6.17. The van der Waals surface area contributed by atoms with E-state index in [1.807, 2.05) is 48.2 Å². The lowest BCUT2D eigenvalue weighted by molar-refractivity contribution is -0.131. The van der Waals surface area contributed by atoms with E-state index in [9.17, 15) is 10.1 Å². The molecule has 0 spiro atoms. The van der Waals surface area contributed by atoms with Gasteiger partial charge in [0.05, 0.1) is 12.0 Å². The molecular weight excluding hydrogens is 274 g/mol. The van der Waals surface area contributed by atoms with E-state index >= 15 is 0 Å². The maximum Gasteiger partial charge on any atom is 0.224 e. The summed E-state index contributed by atoms with van der Waals surface area (Å²) in [5.74, 6) is -0.251. The molecule has 0 aliphatic carbocycles. The molecule has 1 aromatic rings. The molecule has 1 aromatic carbocycles. The zero-order chi connectivity index (χ0) is 15.9. The lowest BCUT2D eigenvalue weighted by atomic mass is 9.96. The minimum atomic E-state index is -0.365. The predicted octanol–water partition coefficient (Wildman–Crippen LogP) is 3.15. The third kappa shape index (κ3) is 4.24. The van der Waals surface area contributed by atoms with Gasteiger partial charge in [-0.05, 0) is 30.5 Å². The molecule has 2 rings (SSSR count). The zero-order valence-corrected chi connectivity index (χ0v) is 13.6. The Labute approximate surface area is 133 Å². The molecule has 0 radical (unpaired) electrons. The molecule has 0 aromatic heterocycles. The van der Waals surface area contributed by atoms with Crippen molar-refractivity contribution in [1.29, 1.82) is 5.26 Å². The van der Waals surface area contributed by atoms with Crippen molar-refractivity contribution >= 4 is 11.6 Å². The maximum absolute atomic E-state index is 12.5. The largest absolute Gasteiger partial charge is 0.378 e. The van der Waals surface area contributed by atoms with E-state index in [-0.39, 0.29) is 18.2 Å². The lowest BCUT2D eigenvalue weighted by Crippen LogP contribution is -2.32. The quantitative estimate of drug-likeness (QED) is 0.858. The van der Waals surface area contributed by atoms with Crippen molar-refractivity contribution in [3.8, 4) is 6.07 Å². The van der Waals surface area contributed by atoms with Crippen LogP contribution in [0.1, 0.15) is 43.6 Å². The van der Waals surface area contributed by atoms with E-state index in [0.29, 0.717) is 0 Å². The summed E-state index contributed by atoms with van der Waals surface area (Å²) in [6.45, 7) is 1.68. The number of carbonyl (C=O) groups excluding carboxylic acids is 1. The van der Waals surface area contributed by atoms with E-state index in [4.69, 9.17) is 0 Å². The van der Waals surface area contributed by atoms with E-state index in [1.54, 1.807) is 0 Å². The van der Waals surface area contributed by atoms with Crippen LogP contribution < -0.4 is 4.90 Å². The molecule has 0 bridgehead atoms. The van der Waals surface area contributed by atoms with Gasteiger partial charge in [0.25, 0.3) is 0 Å². The molecule has 1 unspecified atom stereocenters. The highest BCUT2D eigenvalue weighted by molar-refractivity contribution is 5.77. The monoisotopic (exact) mass is 299 g/mol. The molecule has 1 aliphatic heterocycles. The summed E-state index contributed by atoms with van der Waals surface area (Å²) in [6, 6.07) is 10.2. The fraction of sp³-hybridized carbons (Fsp3) is 0.556. The Hall–Kier alpha value is -2.02. The van der Waals surface area contributed by atoms with Crippen molar-refractivity contribution in [3.63, 3.8) is 0 Å². The molecule has 1 saturated heterocycles. The first-order chi connectivity index (χ1) is 10.6. The summed E-state index contributed by atoms with van der Waals surface area (Å²) in [4.78, 5) is 16.4. The third-order valence-corrected chi connectivity index (χ3v) is 4.28. The number of hydrogen-bond acceptors (Lipinski definition) is 3. The topological polar surface area (TPSA) is 47.3 Å². The van der Waals surface area contributed by atoms with Crippen LogP contribution in [0, 0.1) is 11.3 Å². The molecule has 118 valence electrons. The summed E-state index contributed by atoms with van der Waals surface area (Å²) < 4.78 is 0. The van der Waals surface area contributed by atoms with Gasteiger partial charge in [0.2, 0.25) is 5.91 Å². The minimum absolute atomic E-state index is 0.115. The van der Waals surface area contributed by atoms with E-state index in [1.165, 1.54) is 12.8 Å². The molecule has 0 saturated carbocycles. The molecule has 1 amide bonds. The number of nitrogens with zero attached hydrogens (tertiary/aromatic N) is 3. The van der Waals surface area contributed by atoms with Gasteiger partial charge in [-0.25, -0.2) is 0 Å². The number of benzene rings is 1. The lowest BCUT2D eigenvalue weighted by Gasteiger charge is -2.22. The smallest absolute Gasteiger partial charge is 0.224 e. The van der Waals surface area contributed by atoms with Crippen molar-refractivity contribution in [2.24, 2.45) is 0 Å². The van der Waals surface area contributed by atoms with Crippen molar-refractivity contribution in [1.82, 2.24) is 4.90 Å². The second kappa shape index (κ2) is 7.84. The molecule has 22 heavy (non-hydrogen) atoms. The van der Waals surface area contributed by atoms with Gasteiger partial charge in [-0.15, -0.1) is 0 Å². The first-order valence-corrected chi connectivity index (χ1v) is 8.06. The Morgan fingerprint density at radius 1 is 1.27 bits per heavy atom. The fourth-order valence-electron chi connectivity index (χ4n) is 2.88. The van der Waals surface area contributed by atoms with Gasteiger partial charge in [0.15, 0.2) is 0 Å². The van der Waals surface area contributed by atoms with Gasteiger partial charge in [-0.2, -0.15) is 5.26 Å². The molecule has 1 atom stereocenters. The van der Waals surface area contributed by atoms with Gasteiger partial charge >= 0.3 is 0 Å². The molecule has 1 heterocycles. The fourth-order valence-corrected chi connectivity index (χ4v) is 2.88. The zero-order valence-electron chi connectivity index (χ0n) is 13.6. The second-order valence-corrected chi connectivity index (χ2v) is 6.17. The number of hydrogen-bond donors (Lipinski definition) is 0. The number of likely N-dealkylation sites (tertiary alicyclic amines) is 1. The summed E-state index contributed by atoms with van der Waals surface area (Å²) in [6.07, 6.45) is 4.86. The highest BCUT2D eigenvalue weighted by Crippen LogP contribution is 2.24. The van der Waals surface area contributed by atoms with Gasteiger partial charge in [0, 0.05) is 39.3 Å². The average Bonchev–Trinajstić information content (AvgIpc) is 2.81. The van der Waals surface area contributed by atoms with Crippen LogP contribution in [0.4, 0.5) is 5.69 Å². The summed E-state index contributed by atoms with van der Waals surface area (Å²) >= 11 is 0. The highest BCUT2D eigenvalue weighted by atomic mass is 16.2. The molecular formula is C18H25N3O. The number of carbonyl (C=O) groups is 1. The molecule has 0 N–H and O–H groups in total. The van der Waals surface area contributed by atoms with Crippen LogP contribution in [0.3, 0.4) is 0 Å². The Bertz CT molecular complexity index is 540. The Balaban J connectivity index is 2.07. The van der Waals surface area contributed by atoms with Crippen molar-refractivity contribution in [3.05, 3.63) is 29.8 Å². The standard InChI is InChI=1S/C18H25N3O/c1-20(2)17-9-7-8-15(12-17)16(14-19)13-18(22)21-10-5-3-4-6-11-21/h7-9,12,16H,3-6,10-11,13H2,1-2H3. The van der Waals surface area contributed by atoms with E-state index < -0.39 is 0 Å². The normalized spacial score (nSPS) is 16.5. The maximum atomic E-state index is 12.5. The first kappa shape index (κ1) is 16.4. The van der Waals surface area contributed by atoms with Crippen LogP contribution in [0.15, 0.2) is 24.3 Å².